The number of anilines is 2. The maximum absolute atomic E-state index is 11.9. The van der Waals surface area contributed by atoms with Gasteiger partial charge in [-0.1, -0.05) is 17.7 Å². The molecular formula is C16H15N3O. The first kappa shape index (κ1) is 13.6. The van der Waals surface area contributed by atoms with Crippen LogP contribution in [0.1, 0.15) is 16.7 Å². The molecule has 0 heterocycles. The Balaban J connectivity index is 2.03. The van der Waals surface area contributed by atoms with Crippen LogP contribution < -0.4 is 10.6 Å². The molecule has 0 aliphatic heterocycles. The quantitative estimate of drug-likeness (QED) is 0.866. The van der Waals surface area contributed by atoms with E-state index in [1.807, 2.05) is 38.1 Å². The predicted molar refractivity (Wildman–Crippen MR) is 79.7 cm³/mol. The van der Waals surface area contributed by atoms with Crippen molar-refractivity contribution in [3.8, 4) is 6.07 Å². The number of hydrogen-bond donors (Lipinski definition) is 2. The molecule has 2 aromatic rings. The van der Waals surface area contributed by atoms with Gasteiger partial charge in [-0.25, -0.2) is 4.79 Å². The first-order valence-corrected chi connectivity index (χ1v) is 6.24. The summed E-state index contributed by atoms with van der Waals surface area (Å²) in [5, 5.41) is 14.2. The molecule has 100 valence electrons. The number of carbonyl (C=O) groups excluding carboxylic acids is 1. The van der Waals surface area contributed by atoms with Crippen molar-refractivity contribution in [1.29, 1.82) is 5.26 Å². The highest BCUT2D eigenvalue weighted by Gasteiger charge is 2.05. The van der Waals surface area contributed by atoms with Gasteiger partial charge in [0, 0.05) is 11.4 Å². The summed E-state index contributed by atoms with van der Waals surface area (Å²) >= 11 is 0. The summed E-state index contributed by atoms with van der Waals surface area (Å²) in [7, 11) is 0. The van der Waals surface area contributed by atoms with Gasteiger partial charge in [0.15, 0.2) is 0 Å². The Labute approximate surface area is 118 Å². The molecular weight excluding hydrogens is 250 g/mol. The zero-order valence-corrected chi connectivity index (χ0v) is 11.4. The van der Waals surface area contributed by atoms with E-state index in [0.717, 1.165) is 16.8 Å². The van der Waals surface area contributed by atoms with Gasteiger partial charge in [-0.05, 0) is 49.7 Å². The lowest BCUT2D eigenvalue weighted by atomic mass is 10.1. The van der Waals surface area contributed by atoms with Crippen LogP contribution in [0.5, 0.6) is 0 Å². The molecule has 2 rings (SSSR count). The van der Waals surface area contributed by atoms with Crippen LogP contribution in [0, 0.1) is 25.2 Å². The largest absolute Gasteiger partial charge is 0.323 e. The van der Waals surface area contributed by atoms with Crippen LogP contribution in [0.25, 0.3) is 0 Å². The molecule has 20 heavy (non-hydrogen) atoms. The molecule has 2 amide bonds. The first-order chi connectivity index (χ1) is 9.58. The Hall–Kier alpha value is -2.80. The highest BCUT2D eigenvalue weighted by molar-refractivity contribution is 6.00. The maximum atomic E-state index is 11.9. The van der Waals surface area contributed by atoms with Gasteiger partial charge in [-0.15, -0.1) is 0 Å². The lowest BCUT2D eigenvalue weighted by molar-refractivity contribution is 0.262. The number of nitrogens with one attached hydrogen (secondary N) is 2. The smallest absolute Gasteiger partial charge is 0.308 e. The Bertz CT molecular complexity index is 669. The molecule has 2 N–H and O–H groups in total. The van der Waals surface area contributed by atoms with Gasteiger partial charge in [-0.3, -0.25) is 0 Å². The van der Waals surface area contributed by atoms with Gasteiger partial charge in [0.05, 0.1) is 11.6 Å². The molecule has 0 saturated heterocycles. The van der Waals surface area contributed by atoms with Gasteiger partial charge in [0.25, 0.3) is 0 Å². The van der Waals surface area contributed by atoms with E-state index in [1.54, 1.807) is 24.3 Å². The lowest BCUT2D eigenvalue weighted by Crippen LogP contribution is -2.19. The van der Waals surface area contributed by atoms with Crippen LogP contribution in [0.15, 0.2) is 42.5 Å². The standard InChI is InChI=1S/C16H15N3O/c1-11-3-8-15(12(2)9-11)19-16(20)18-14-6-4-13(10-17)5-7-14/h3-9H,1-2H3,(H2,18,19,20). The minimum Gasteiger partial charge on any atom is -0.308 e. The average Bonchev–Trinajstić information content (AvgIpc) is 2.43. The van der Waals surface area contributed by atoms with Crippen molar-refractivity contribution in [3.63, 3.8) is 0 Å². The third-order valence-corrected chi connectivity index (χ3v) is 2.90. The summed E-state index contributed by atoms with van der Waals surface area (Å²) in [6, 6.07) is 14.3. The second kappa shape index (κ2) is 5.89. The fourth-order valence-electron chi connectivity index (χ4n) is 1.87. The Morgan fingerprint density at radius 3 is 2.35 bits per heavy atom. The molecule has 0 aromatic heterocycles. The summed E-state index contributed by atoms with van der Waals surface area (Å²) in [5.41, 5.74) is 4.15. The molecule has 0 fully saturated rings. The topological polar surface area (TPSA) is 64.9 Å². The molecule has 4 heteroatoms. The number of amides is 2. The Morgan fingerprint density at radius 2 is 1.75 bits per heavy atom. The van der Waals surface area contributed by atoms with E-state index >= 15 is 0 Å². The van der Waals surface area contributed by atoms with Crippen molar-refractivity contribution in [3.05, 3.63) is 59.2 Å². The molecule has 0 aliphatic rings. The average molecular weight is 265 g/mol. The summed E-state index contributed by atoms with van der Waals surface area (Å²) in [4.78, 5) is 11.9. The number of rotatable bonds is 2. The first-order valence-electron chi connectivity index (χ1n) is 6.24. The predicted octanol–water partition coefficient (Wildman–Crippen LogP) is 3.82. The van der Waals surface area contributed by atoms with Crippen molar-refractivity contribution < 1.29 is 4.79 Å². The van der Waals surface area contributed by atoms with Gasteiger partial charge in [0.2, 0.25) is 0 Å². The summed E-state index contributed by atoms with van der Waals surface area (Å²) in [6.45, 7) is 3.96. The van der Waals surface area contributed by atoms with Crippen molar-refractivity contribution >= 4 is 17.4 Å². The fraction of sp³-hybridized carbons (Fsp3) is 0.125. The SMILES string of the molecule is Cc1ccc(NC(=O)Nc2ccc(C#N)cc2)c(C)c1. The normalized spacial score (nSPS) is 9.65. The minimum atomic E-state index is -0.304. The zero-order valence-electron chi connectivity index (χ0n) is 11.4. The van der Waals surface area contributed by atoms with Crippen LogP contribution >= 0.6 is 0 Å². The Morgan fingerprint density at radius 1 is 1.05 bits per heavy atom. The van der Waals surface area contributed by atoms with Gasteiger partial charge in [-0.2, -0.15) is 5.26 Å². The van der Waals surface area contributed by atoms with E-state index in [1.165, 1.54) is 0 Å². The number of nitriles is 1. The van der Waals surface area contributed by atoms with E-state index in [9.17, 15) is 4.79 Å². The number of carbonyl (C=O) groups is 1. The maximum Gasteiger partial charge on any atom is 0.323 e. The number of aryl methyl sites for hydroxylation is 2. The Kier molecular flexibility index (Phi) is 4.02. The van der Waals surface area contributed by atoms with Crippen LogP contribution in [0.4, 0.5) is 16.2 Å². The molecule has 0 unspecified atom stereocenters. The number of nitrogens with zero attached hydrogens (tertiary/aromatic N) is 1. The second-order valence-corrected chi connectivity index (χ2v) is 4.59. The highest BCUT2D eigenvalue weighted by Crippen LogP contribution is 2.16. The molecule has 0 atom stereocenters. The van der Waals surface area contributed by atoms with Gasteiger partial charge < -0.3 is 10.6 Å². The molecule has 0 radical (unpaired) electrons. The molecule has 4 nitrogen and oxygen atoms in total. The zero-order chi connectivity index (χ0) is 14.5. The van der Waals surface area contributed by atoms with E-state index < -0.39 is 0 Å². The van der Waals surface area contributed by atoms with Crippen LogP contribution in [-0.2, 0) is 0 Å². The number of urea groups is 1. The molecule has 0 saturated carbocycles. The molecule has 0 aliphatic carbocycles. The fourth-order valence-corrected chi connectivity index (χ4v) is 1.87. The number of hydrogen-bond acceptors (Lipinski definition) is 2. The molecule has 0 spiro atoms. The van der Waals surface area contributed by atoms with Crippen molar-refractivity contribution in [2.45, 2.75) is 13.8 Å². The van der Waals surface area contributed by atoms with Gasteiger partial charge in [0.1, 0.15) is 0 Å². The van der Waals surface area contributed by atoms with Crippen molar-refractivity contribution in [2.24, 2.45) is 0 Å². The number of benzene rings is 2. The van der Waals surface area contributed by atoms with E-state index in [2.05, 4.69) is 10.6 Å². The van der Waals surface area contributed by atoms with Crippen LogP contribution in [0.3, 0.4) is 0 Å². The van der Waals surface area contributed by atoms with E-state index in [0.29, 0.717) is 11.3 Å². The van der Waals surface area contributed by atoms with Crippen LogP contribution in [-0.4, -0.2) is 6.03 Å². The monoisotopic (exact) mass is 265 g/mol. The molecule has 0 bridgehead atoms. The summed E-state index contributed by atoms with van der Waals surface area (Å²) in [6.07, 6.45) is 0. The minimum absolute atomic E-state index is 0.304. The van der Waals surface area contributed by atoms with E-state index in [-0.39, 0.29) is 6.03 Å². The van der Waals surface area contributed by atoms with Crippen molar-refractivity contribution in [2.75, 3.05) is 10.6 Å². The summed E-state index contributed by atoms with van der Waals surface area (Å²) in [5.74, 6) is 0. The van der Waals surface area contributed by atoms with E-state index in [4.69, 9.17) is 5.26 Å². The van der Waals surface area contributed by atoms with Crippen molar-refractivity contribution in [1.82, 2.24) is 0 Å². The second-order valence-electron chi connectivity index (χ2n) is 4.59. The third-order valence-electron chi connectivity index (χ3n) is 2.90. The molecule has 2 aromatic carbocycles. The lowest BCUT2D eigenvalue weighted by Gasteiger charge is -2.10. The van der Waals surface area contributed by atoms with Crippen LogP contribution in [0.2, 0.25) is 0 Å². The van der Waals surface area contributed by atoms with Gasteiger partial charge >= 0.3 is 6.03 Å². The summed E-state index contributed by atoms with van der Waals surface area (Å²) < 4.78 is 0. The highest BCUT2D eigenvalue weighted by atomic mass is 16.2. The third kappa shape index (κ3) is 3.36.